The lowest BCUT2D eigenvalue weighted by Crippen LogP contribution is -2.34. The molecule has 0 aliphatic rings. The van der Waals surface area contributed by atoms with Gasteiger partial charge in [0, 0.05) is 18.4 Å². The number of esters is 1. The zero-order chi connectivity index (χ0) is 22.0. The van der Waals surface area contributed by atoms with Gasteiger partial charge in [-0.2, -0.15) is 0 Å². The third kappa shape index (κ3) is 6.24. The van der Waals surface area contributed by atoms with Gasteiger partial charge < -0.3 is 15.2 Å². The number of nitrogens with two attached hydrogens (primary N) is 1. The van der Waals surface area contributed by atoms with Crippen molar-refractivity contribution in [3.05, 3.63) is 48.0 Å². The van der Waals surface area contributed by atoms with Crippen LogP contribution in [0.25, 0.3) is 11.1 Å². The first-order chi connectivity index (χ1) is 13.3. The Bertz CT molecular complexity index is 908. The van der Waals surface area contributed by atoms with Crippen LogP contribution in [-0.4, -0.2) is 30.3 Å². The Balaban J connectivity index is 2.28. The van der Waals surface area contributed by atoms with E-state index in [1.165, 1.54) is 4.90 Å². The van der Waals surface area contributed by atoms with Crippen molar-refractivity contribution in [3.8, 4) is 11.1 Å². The molecule has 0 atom stereocenters. The average Bonchev–Trinajstić information content (AvgIpc) is 2.58. The zero-order valence-electron chi connectivity index (χ0n) is 18.2. The number of hydrogen-bond acceptors (Lipinski definition) is 5. The first-order valence-corrected chi connectivity index (χ1v) is 9.47. The summed E-state index contributed by atoms with van der Waals surface area (Å²) in [6, 6.07) is 12.6. The highest BCUT2D eigenvalue weighted by atomic mass is 16.6. The average molecular weight is 399 g/mol. The van der Waals surface area contributed by atoms with Crippen molar-refractivity contribution in [3.63, 3.8) is 0 Å². The summed E-state index contributed by atoms with van der Waals surface area (Å²) in [5.74, 6) is -0.458. The molecule has 0 aliphatic carbocycles. The van der Waals surface area contributed by atoms with E-state index in [1.54, 1.807) is 19.2 Å². The second-order valence-corrected chi connectivity index (χ2v) is 8.89. The van der Waals surface area contributed by atoms with Gasteiger partial charge in [0.2, 0.25) is 0 Å². The number of rotatable bonds is 3. The number of carbonyl (C=O) groups excluding carboxylic acids is 2. The lowest BCUT2D eigenvalue weighted by atomic mass is 10.0. The molecule has 2 aromatic carbocycles. The van der Waals surface area contributed by atoms with Crippen LogP contribution in [0.5, 0.6) is 0 Å². The van der Waals surface area contributed by atoms with Crippen LogP contribution in [0.3, 0.4) is 0 Å². The Morgan fingerprint density at radius 2 is 1.45 bits per heavy atom. The van der Waals surface area contributed by atoms with E-state index >= 15 is 0 Å². The third-order valence-electron chi connectivity index (χ3n) is 3.90. The largest absolute Gasteiger partial charge is 0.456 e. The molecule has 2 rings (SSSR count). The molecule has 0 fully saturated rings. The summed E-state index contributed by atoms with van der Waals surface area (Å²) in [5.41, 5.74) is 7.98. The third-order valence-corrected chi connectivity index (χ3v) is 3.90. The van der Waals surface area contributed by atoms with E-state index in [0.29, 0.717) is 16.9 Å². The Hall–Kier alpha value is -3.02. The van der Waals surface area contributed by atoms with Gasteiger partial charge in [0.1, 0.15) is 11.2 Å². The maximum absolute atomic E-state index is 12.3. The Morgan fingerprint density at radius 3 is 2.00 bits per heavy atom. The molecule has 0 saturated heterocycles. The van der Waals surface area contributed by atoms with E-state index in [-0.39, 0.29) is 0 Å². The first kappa shape index (κ1) is 22.3. The number of hydrogen-bond donors (Lipinski definition) is 1. The molecule has 6 heteroatoms. The van der Waals surface area contributed by atoms with Crippen LogP contribution in [0.4, 0.5) is 16.2 Å². The minimum atomic E-state index is -0.594. The summed E-state index contributed by atoms with van der Waals surface area (Å²) in [5, 5.41) is 0. The molecule has 0 aromatic heterocycles. The monoisotopic (exact) mass is 398 g/mol. The molecule has 156 valence electrons. The lowest BCUT2D eigenvalue weighted by Gasteiger charge is -2.25. The van der Waals surface area contributed by atoms with E-state index in [2.05, 4.69) is 0 Å². The molecular formula is C23H30N2O4. The van der Waals surface area contributed by atoms with Crippen molar-refractivity contribution in [1.82, 2.24) is 0 Å². The maximum Gasteiger partial charge on any atom is 0.414 e. The second kappa shape index (κ2) is 8.15. The normalized spacial score (nSPS) is 11.7. The predicted octanol–water partition coefficient (Wildman–Crippen LogP) is 5.26. The maximum atomic E-state index is 12.3. The number of amides is 1. The minimum Gasteiger partial charge on any atom is -0.456 e. The highest BCUT2D eigenvalue weighted by molar-refractivity contribution is 5.96. The summed E-state index contributed by atoms with van der Waals surface area (Å²) < 4.78 is 10.8. The van der Waals surface area contributed by atoms with Crippen LogP contribution < -0.4 is 10.6 Å². The highest BCUT2D eigenvalue weighted by Gasteiger charge is 2.22. The molecule has 1 amide bonds. The van der Waals surface area contributed by atoms with Gasteiger partial charge in [0.05, 0.1) is 5.56 Å². The fourth-order valence-electron chi connectivity index (χ4n) is 2.59. The van der Waals surface area contributed by atoms with Crippen molar-refractivity contribution < 1.29 is 19.1 Å². The zero-order valence-corrected chi connectivity index (χ0v) is 18.2. The topological polar surface area (TPSA) is 81.9 Å². The van der Waals surface area contributed by atoms with Gasteiger partial charge in [-0.05, 0) is 76.9 Å². The van der Waals surface area contributed by atoms with Gasteiger partial charge in [-0.1, -0.05) is 18.2 Å². The van der Waals surface area contributed by atoms with Crippen molar-refractivity contribution in [2.45, 2.75) is 52.7 Å². The number of carbonyl (C=O) groups is 2. The van der Waals surface area contributed by atoms with E-state index < -0.39 is 23.3 Å². The quantitative estimate of drug-likeness (QED) is 0.563. The number of nitrogen functional groups attached to an aromatic ring is 1. The Kier molecular flexibility index (Phi) is 6.26. The molecule has 0 radical (unpaired) electrons. The number of anilines is 2. The standard InChI is InChI=1S/C23H30N2O4/c1-22(2,3)28-20(26)18-12-11-16(14-19(18)24)15-9-8-10-17(13-15)25(7)21(27)29-23(4,5)6/h8-14H,24H2,1-7H3. The highest BCUT2D eigenvalue weighted by Crippen LogP contribution is 2.28. The van der Waals surface area contributed by atoms with Gasteiger partial charge >= 0.3 is 12.1 Å². The smallest absolute Gasteiger partial charge is 0.414 e. The Labute approximate surface area is 172 Å². The molecule has 0 bridgehead atoms. The van der Waals surface area contributed by atoms with Gasteiger partial charge in [0.25, 0.3) is 0 Å². The van der Waals surface area contributed by atoms with E-state index in [4.69, 9.17) is 15.2 Å². The lowest BCUT2D eigenvalue weighted by molar-refractivity contribution is 0.00705. The predicted molar refractivity (Wildman–Crippen MR) is 116 cm³/mol. The number of benzene rings is 2. The van der Waals surface area contributed by atoms with Crippen LogP contribution >= 0.6 is 0 Å². The minimum absolute atomic E-state index is 0.325. The second-order valence-electron chi connectivity index (χ2n) is 8.89. The van der Waals surface area contributed by atoms with Crippen molar-refractivity contribution in [2.75, 3.05) is 17.7 Å². The first-order valence-electron chi connectivity index (χ1n) is 9.47. The van der Waals surface area contributed by atoms with E-state index in [9.17, 15) is 9.59 Å². The molecule has 0 saturated carbocycles. The SMILES string of the molecule is CN(C(=O)OC(C)(C)C)c1cccc(-c2ccc(C(=O)OC(C)(C)C)c(N)c2)c1. The van der Waals surface area contributed by atoms with E-state index in [0.717, 1.165) is 11.1 Å². The van der Waals surface area contributed by atoms with Gasteiger partial charge in [-0.3, -0.25) is 4.90 Å². The summed E-state index contributed by atoms with van der Waals surface area (Å²) in [7, 11) is 1.66. The molecular weight excluding hydrogens is 368 g/mol. The summed E-state index contributed by atoms with van der Waals surface area (Å²) >= 11 is 0. The molecule has 6 nitrogen and oxygen atoms in total. The molecule has 29 heavy (non-hydrogen) atoms. The molecule has 0 unspecified atom stereocenters. The number of nitrogens with zero attached hydrogens (tertiary/aromatic N) is 1. The van der Waals surface area contributed by atoms with E-state index in [1.807, 2.05) is 71.9 Å². The Morgan fingerprint density at radius 1 is 0.862 bits per heavy atom. The van der Waals surface area contributed by atoms with Crippen LogP contribution in [0.15, 0.2) is 42.5 Å². The van der Waals surface area contributed by atoms with Crippen LogP contribution in [-0.2, 0) is 9.47 Å². The number of ether oxygens (including phenoxy) is 2. The fraction of sp³-hybridized carbons (Fsp3) is 0.391. The van der Waals surface area contributed by atoms with Crippen molar-refractivity contribution in [1.29, 1.82) is 0 Å². The molecule has 0 heterocycles. The van der Waals surface area contributed by atoms with Crippen LogP contribution in [0.2, 0.25) is 0 Å². The summed E-state index contributed by atoms with van der Waals surface area (Å²) in [6.45, 7) is 10.9. The van der Waals surface area contributed by atoms with Gasteiger partial charge in [0.15, 0.2) is 0 Å². The van der Waals surface area contributed by atoms with Gasteiger partial charge in [-0.25, -0.2) is 9.59 Å². The summed E-state index contributed by atoms with van der Waals surface area (Å²) in [6.07, 6.45) is -0.436. The van der Waals surface area contributed by atoms with Crippen LogP contribution in [0.1, 0.15) is 51.9 Å². The molecule has 0 aliphatic heterocycles. The molecule has 2 N–H and O–H groups in total. The van der Waals surface area contributed by atoms with Crippen molar-refractivity contribution >= 4 is 23.4 Å². The van der Waals surface area contributed by atoms with Crippen LogP contribution in [0, 0.1) is 0 Å². The molecule has 2 aromatic rings. The van der Waals surface area contributed by atoms with Gasteiger partial charge in [-0.15, -0.1) is 0 Å². The summed E-state index contributed by atoms with van der Waals surface area (Å²) in [4.78, 5) is 26.1. The fourth-order valence-corrected chi connectivity index (χ4v) is 2.59. The molecule has 0 spiro atoms. The van der Waals surface area contributed by atoms with Crippen molar-refractivity contribution in [2.24, 2.45) is 0 Å².